The van der Waals surface area contributed by atoms with Crippen LogP contribution in [0.25, 0.3) is 0 Å². The topological polar surface area (TPSA) is 99.1 Å². The summed E-state index contributed by atoms with van der Waals surface area (Å²) in [5, 5.41) is 10.1. The third-order valence-corrected chi connectivity index (χ3v) is 9.90. The molecule has 184 valence electrons. The van der Waals surface area contributed by atoms with Crippen molar-refractivity contribution >= 4 is 17.7 Å². The van der Waals surface area contributed by atoms with Crippen molar-refractivity contribution in [3.05, 3.63) is 11.6 Å². The number of Topliss-reactive ketones (excluding diaryl/α,β-unsaturated/α-hetero) is 1. The van der Waals surface area contributed by atoms with Crippen LogP contribution in [0.1, 0.15) is 79.6 Å². The molecule has 0 aromatic carbocycles. The van der Waals surface area contributed by atoms with Crippen LogP contribution in [-0.4, -0.2) is 41.3 Å². The number of hydrogen-bond acceptors (Lipinski definition) is 7. The summed E-state index contributed by atoms with van der Waals surface area (Å²) in [5.41, 5.74) is -0.421. The Morgan fingerprint density at radius 1 is 1.09 bits per heavy atom. The molecule has 4 rings (SSSR count). The van der Waals surface area contributed by atoms with E-state index in [1.807, 2.05) is 6.92 Å². The molecule has 4 aliphatic rings. The second-order valence-corrected chi connectivity index (χ2v) is 11.4. The molecule has 3 fully saturated rings. The quantitative estimate of drug-likeness (QED) is 0.278. The molecule has 0 bridgehead atoms. The number of ketones is 1. The molecular weight excluding hydrogens is 424 g/mol. The fourth-order valence-electron chi connectivity index (χ4n) is 8.40. The van der Waals surface area contributed by atoms with Crippen molar-refractivity contribution in [2.75, 3.05) is 6.61 Å². The molecule has 7 nitrogen and oxygen atoms in total. The highest BCUT2D eigenvalue weighted by molar-refractivity contribution is 5.91. The van der Waals surface area contributed by atoms with E-state index in [-0.39, 0.29) is 41.7 Å². The number of hydrogen-bond donors (Lipinski definition) is 1. The first-order valence-corrected chi connectivity index (χ1v) is 12.4. The maximum Gasteiger partial charge on any atom is 0.303 e. The molecule has 0 heterocycles. The van der Waals surface area contributed by atoms with E-state index < -0.39 is 17.0 Å². The predicted molar refractivity (Wildman–Crippen MR) is 120 cm³/mol. The van der Waals surface area contributed by atoms with Crippen molar-refractivity contribution in [2.24, 2.45) is 34.5 Å². The zero-order valence-corrected chi connectivity index (χ0v) is 20.5. The smallest absolute Gasteiger partial charge is 0.303 e. The SMILES string of the molecule is CC(=O)OCC(=O)C1(OO)C(C)CC2C3CC=C4CC(OC(C)=O)CCC4(C)C3CCC21C. The fraction of sp³-hybridized carbons (Fsp3) is 0.808. The minimum Gasteiger partial charge on any atom is -0.462 e. The highest BCUT2D eigenvalue weighted by Crippen LogP contribution is 2.69. The third kappa shape index (κ3) is 3.57. The number of allylic oxidation sites excluding steroid dienone is 1. The molecule has 0 amide bonds. The zero-order valence-electron chi connectivity index (χ0n) is 20.5. The molecule has 8 atom stereocenters. The van der Waals surface area contributed by atoms with Gasteiger partial charge in [-0.1, -0.05) is 32.4 Å². The summed E-state index contributed by atoms with van der Waals surface area (Å²) >= 11 is 0. The number of esters is 2. The third-order valence-electron chi connectivity index (χ3n) is 9.90. The standard InChI is InChI=1S/C26H38O7/c1-15-12-22-20-7-6-18-13-19(32-17(3)28)8-10-24(18,4)21(20)9-11-25(22,5)26(15,33-30)23(29)14-31-16(2)27/h6,15,19-22,30H,7-14H2,1-5H3. The van der Waals surface area contributed by atoms with Gasteiger partial charge in [0.2, 0.25) is 5.78 Å². The summed E-state index contributed by atoms with van der Waals surface area (Å²) in [6.07, 6.45) is 8.43. The van der Waals surface area contributed by atoms with Gasteiger partial charge in [0.25, 0.3) is 0 Å². The lowest BCUT2D eigenvalue weighted by Gasteiger charge is -2.59. The molecule has 0 aliphatic heterocycles. The van der Waals surface area contributed by atoms with Gasteiger partial charge in [0.1, 0.15) is 6.10 Å². The van der Waals surface area contributed by atoms with Crippen molar-refractivity contribution in [3.63, 3.8) is 0 Å². The van der Waals surface area contributed by atoms with E-state index in [4.69, 9.17) is 14.4 Å². The molecule has 0 radical (unpaired) electrons. The molecule has 7 heteroatoms. The average Bonchev–Trinajstić information content (AvgIpc) is 2.98. The van der Waals surface area contributed by atoms with Crippen molar-refractivity contribution in [3.8, 4) is 0 Å². The van der Waals surface area contributed by atoms with Gasteiger partial charge in [0.05, 0.1) is 0 Å². The lowest BCUT2D eigenvalue weighted by atomic mass is 9.46. The molecule has 8 unspecified atom stereocenters. The maximum absolute atomic E-state index is 13.3. The zero-order chi connectivity index (χ0) is 24.2. The summed E-state index contributed by atoms with van der Waals surface area (Å²) < 4.78 is 10.6. The Bertz CT molecular complexity index is 865. The summed E-state index contributed by atoms with van der Waals surface area (Å²) in [7, 11) is 0. The van der Waals surface area contributed by atoms with Crippen LogP contribution < -0.4 is 0 Å². The van der Waals surface area contributed by atoms with E-state index in [1.54, 1.807) is 0 Å². The summed E-state index contributed by atoms with van der Waals surface area (Å²) in [5.74, 6) is -0.170. The van der Waals surface area contributed by atoms with E-state index in [1.165, 1.54) is 19.4 Å². The molecule has 1 N–H and O–H groups in total. The van der Waals surface area contributed by atoms with E-state index in [0.29, 0.717) is 11.8 Å². The van der Waals surface area contributed by atoms with Gasteiger partial charge in [-0.25, -0.2) is 4.89 Å². The van der Waals surface area contributed by atoms with Crippen molar-refractivity contribution in [2.45, 2.75) is 91.3 Å². The Balaban J connectivity index is 1.62. The lowest BCUT2D eigenvalue weighted by Crippen LogP contribution is -2.60. The normalized spacial score (nSPS) is 44.1. The van der Waals surface area contributed by atoms with Gasteiger partial charge < -0.3 is 9.47 Å². The second-order valence-electron chi connectivity index (χ2n) is 11.4. The van der Waals surface area contributed by atoms with Crippen LogP contribution in [0.2, 0.25) is 0 Å². The first-order chi connectivity index (χ1) is 15.5. The maximum atomic E-state index is 13.3. The van der Waals surface area contributed by atoms with Crippen LogP contribution in [0.3, 0.4) is 0 Å². The summed E-state index contributed by atoms with van der Waals surface area (Å²) in [4.78, 5) is 41.3. The van der Waals surface area contributed by atoms with Gasteiger partial charge in [0, 0.05) is 25.7 Å². The fourth-order valence-corrected chi connectivity index (χ4v) is 8.40. The summed E-state index contributed by atoms with van der Waals surface area (Å²) in [6, 6.07) is 0. The molecular formula is C26H38O7. The van der Waals surface area contributed by atoms with Crippen LogP contribution in [-0.2, 0) is 28.7 Å². The van der Waals surface area contributed by atoms with E-state index in [2.05, 4.69) is 19.9 Å². The Labute approximate surface area is 196 Å². The van der Waals surface area contributed by atoms with E-state index >= 15 is 0 Å². The Morgan fingerprint density at radius 2 is 1.82 bits per heavy atom. The summed E-state index contributed by atoms with van der Waals surface area (Å²) in [6.45, 7) is 8.78. The van der Waals surface area contributed by atoms with Crippen LogP contribution in [0, 0.1) is 34.5 Å². The van der Waals surface area contributed by atoms with E-state index in [0.717, 1.165) is 44.9 Å². The Hall–Kier alpha value is -1.73. The molecule has 0 spiro atoms. The number of carbonyl (C=O) groups excluding carboxylic acids is 3. The number of carbonyl (C=O) groups is 3. The van der Waals surface area contributed by atoms with Crippen LogP contribution in [0.4, 0.5) is 0 Å². The first kappa shape index (κ1) is 24.4. The van der Waals surface area contributed by atoms with Crippen molar-refractivity contribution < 1.29 is 34.0 Å². The Kier molecular flexibility index (Phi) is 6.28. The van der Waals surface area contributed by atoms with Crippen LogP contribution in [0.15, 0.2) is 11.6 Å². The number of fused-ring (bicyclic) bond motifs is 5. The van der Waals surface area contributed by atoms with Crippen molar-refractivity contribution in [1.82, 2.24) is 0 Å². The molecule has 0 saturated heterocycles. The highest BCUT2D eigenvalue weighted by Gasteiger charge is 2.70. The van der Waals surface area contributed by atoms with Gasteiger partial charge in [-0.15, -0.1) is 0 Å². The molecule has 0 aromatic heterocycles. The number of rotatable bonds is 5. The largest absolute Gasteiger partial charge is 0.462 e. The molecule has 4 aliphatic carbocycles. The van der Waals surface area contributed by atoms with Gasteiger partial charge in [-0.05, 0) is 67.6 Å². The predicted octanol–water partition coefficient (Wildman–Crippen LogP) is 4.49. The number of ether oxygens (including phenoxy) is 2. The van der Waals surface area contributed by atoms with Gasteiger partial charge in [-0.2, -0.15) is 0 Å². The minimum absolute atomic E-state index is 0.0342. The average molecular weight is 463 g/mol. The van der Waals surface area contributed by atoms with Crippen LogP contribution in [0.5, 0.6) is 0 Å². The van der Waals surface area contributed by atoms with Gasteiger partial charge in [-0.3, -0.25) is 19.6 Å². The molecule has 3 saturated carbocycles. The molecule has 33 heavy (non-hydrogen) atoms. The monoisotopic (exact) mass is 462 g/mol. The minimum atomic E-state index is -1.37. The lowest BCUT2D eigenvalue weighted by molar-refractivity contribution is -0.348. The van der Waals surface area contributed by atoms with Gasteiger partial charge >= 0.3 is 11.9 Å². The molecule has 0 aromatic rings. The van der Waals surface area contributed by atoms with Gasteiger partial charge in [0.15, 0.2) is 12.2 Å². The first-order valence-electron chi connectivity index (χ1n) is 12.4. The second kappa shape index (κ2) is 8.49. The van der Waals surface area contributed by atoms with E-state index in [9.17, 15) is 19.6 Å². The van der Waals surface area contributed by atoms with Crippen LogP contribution >= 0.6 is 0 Å². The Morgan fingerprint density at radius 3 is 2.45 bits per heavy atom. The highest BCUT2D eigenvalue weighted by atomic mass is 17.1. The van der Waals surface area contributed by atoms with Crippen molar-refractivity contribution in [1.29, 1.82) is 0 Å².